The van der Waals surface area contributed by atoms with E-state index >= 15 is 0 Å². The molecule has 110 valence electrons. The fraction of sp³-hybridized carbons (Fsp3) is 1.00. The second-order valence-corrected chi connectivity index (χ2v) is 6.05. The van der Waals surface area contributed by atoms with E-state index in [9.17, 15) is 0 Å². The lowest BCUT2D eigenvalue weighted by atomic mass is 10.1. The number of rotatable bonds is 12. The Morgan fingerprint density at radius 2 is 1.44 bits per heavy atom. The number of unbranched alkanes of at least 4 members (excludes halogenated alkanes) is 4. The molecule has 0 aliphatic carbocycles. The maximum atomic E-state index is 5.50. The van der Waals surface area contributed by atoms with Crippen LogP contribution in [0.2, 0.25) is 0 Å². The number of likely N-dealkylation sites (N-methyl/N-ethyl adjacent to an activating group) is 1. The molecule has 0 bridgehead atoms. The zero-order valence-corrected chi connectivity index (χ0v) is 13.1. The van der Waals surface area contributed by atoms with E-state index in [0.717, 1.165) is 12.5 Å². The predicted molar refractivity (Wildman–Crippen MR) is 82.0 cm³/mol. The molecule has 0 atom stereocenters. The maximum absolute atomic E-state index is 5.50. The molecule has 0 unspecified atom stereocenters. The molecule has 0 saturated carbocycles. The van der Waals surface area contributed by atoms with Crippen LogP contribution in [-0.2, 0) is 0 Å². The molecule has 0 aromatic rings. The van der Waals surface area contributed by atoms with Gasteiger partial charge in [0.25, 0.3) is 0 Å². The zero-order valence-electron chi connectivity index (χ0n) is 13.1. The van der Waals surface area contributed by atoms with Gasteiger partial charge in [-0.2, -0.15) is 0 Å². The van der Waals surface area contributed by atoms with Gasteiger partial charge in [0.05, 0.1) is 0 Å². The Balaban J connectivity index is 3.65. The molecule has 0 heterocycles. The highest BCUT2D eigenvalue weighted by Crippen LogP contribution is 2.06. The smallest absolute Gasteiger partial charge is 0.0109 e. The third kappa shape index (κ3) is 12.3. The highest BCUT2D eigenvalue weighted by Gasteiger charge is 2.07. The van der Waals surface area contributed by atoms with Gasteiger partial charge in [0.15, 0.2) is 0 Å². The Bertz CT molecular complexity index is 169. The van der Waals surface area contributed by atoms with Crippen molar-refractivity contribution in [1.29, 1.82) is 0 Å². The van der Waals surface area contributed by atoms with E-state index in [1.54, 1.807) is 0 Å². The SMILES string of the molecule is CC(C)CN(CCCCCCCN)CCN(C)C. The molecular weight excluding hydrogens is 222 g/mol. The summed E-state index contributed by atoms with van der Waals surface area (Å²) in [6, 6.07) is 0. The Hall–Kier alpha value is -0.120. The number of nitrogens with zero attached hydrogens (tertiary/aromatic N) is 2. The molecule has 0 radical (unpaired) electrons. The minimum absolute atomic E-state index is 0.768. The summed E-state index contributed by atoms with van der Waals surface area (Å²) in [5.41, 5.74) is 5.50. The molecule has 0 aliphatic heterocycles. The summed E-state index contributed by atoms with van der Waals surface area (Å²) in [6.45, 7) is 10.3. The highest BCUT2D eigenvalue weighted by atomic mass is 15.2. The molecule has 0 saturated heterocycles. The van der Waals surface area contributed by atoms with Crippen molar-refractivity contribution in [2.45, 2.75) is 46.0 Å². The molecule has 0 spiro atoms. The van der Waals surface area contributed by atoms with Crippen molar-refractivity contribution >= 4 is 0 Å². The van der Waals surface area contributed by atoms with Crippen LogP contribution in [0.1, 0.15) is 46.0 Å². The number of nitrogens with two attached hydrogens (primary N) is 1. The average Bonchev–Trinajstić information content (AvgIpc) is 2.29. The summed E-state index contributed by atoms with van der Waals surface area (Å²) in [5.74, 6) is 0.768. The first kappa shape index (κ1) is 17.9. The molecule has 0 rings (SSSR count). The summed E-state index contributed by atoms with van der Waals surface area (Å²) in [6.07, 6.45) is 6.54. The van der Waals surface area contributed by atoms with E-state index in [0.29, 0.717) is 0 Å². The van der Waals surface area contributed by atoms with Crippen LogP contribution in [-0.4, -0.2) is 56.6 Å². The fourth-order valence-electron chi connectivity index (χ4n) is 2.16. The van der Waals surface area contributed by atoms with Gasteiger partial charge in [-0.05, 0) is 45.9 Å². The van der Waals surface area contributed by atoms with E-state index < -0.39 is 0 Å². The van der Waals surface area contributed by atoms with Gasteiger partial charge in [0.1, 0.15) is 0 Å². The highest BCUT2D eigenvalue weighted by molar-refractivity contribution is 4.62. The molecule has 0 aromatic heterocycles. The van der Waals surface area contributed by atoms with Crippen LogP contribution in [0.3, 0.4) is 0 Å². The normalized spacial score (nSPS) is 12.0. The van der Waals surface area contributed by atoms with E-state index in [1.165, 1.54) is 58.3 Å². The Morgan fingerprint density at radius 3 is 2.00 bits per heavy atom. The standard InChI is InChI=1S/C15H35N3/c1-15(2)14-18(13-12-17(3)4)11-9-7-5-6-8-10-16/h15H,5-14,16H2,1-4H3. The minimum Gasteiger partial charge on any atom is -0.330 e. The first-order valence-corrected chi connectivity index (χ1v) is 7.63. The van der Waals surface area contributed by atoms with Gasteiger partial charge in [0, 0.05) is 19.6 Å². The summed E-state index contributed by atoms with van der Waals surface area (Å²) in [7, 11) is 4.31. The van der Waals surface area contributed by atoms with Gasteiger partial charge in [-0.25, -0.2) is 0 Å². The summed E-state index contributed by atoms with van der Waals surface area (Å²) < 4.78 is 0. The third-order valence-electron chi connectivity index (χ3n) is 3.17. The van der Waals surface area contributed by atoms with Gasteiger partial charge < -0.3 is 15.5 Å². The largest absolute Gasteiger partial charge is 0.330 e. The molecule has 3 heteroatoms. The van der Waals surface area contributed by atoms with Crippen molar-refractivity contribution in [1.82, 2.24) is 9.80 Å². The molecular formula is C15H35N3. The van der Waals surface area contributed by atoms with Crippen LogP contribution in [0, 0.1) is 5.92 Å². The van der Waals surface area contributed by atoms with Crippen LogP contribution in [0.25, 0.3) is 0 Å². The second kappa shape index (κ2) is 11.9. The van der Waals surface area contributed by atoms with Crippen LogP contribution in [0.5, 0.6) is 0 Å². The van der Waals surface area contributed by atoms with Crippen molar-refractivity contribution < 1.29 is 0 Å². The van der Waals surface area contributed by atoms with Gasteiger partial charge in [-0.3, -0.25) is 0 Å². The molecule has 0 fully saturated rings. The monoisotopic (exact) mass is 257 g/mol. The summed E-state index contributed by atoms with van der Waals surface area (Å²) in [5, 5.41) is 0. The van der Waals surface area contributed by atoms with Gasteiger partial charge in [-0.15, -0.1) is 0 Å². The molecule has 3 nitrogen and oxygen atoms in total. The van der Waals surface area contributed by atoms with Crippen molar-refractivity contribution in [3.63, 3.8) is 0 Å². The van der Waals surface area contributed by atoms with Crippen molar-refractivity contribution in [2.24, 2.45) is 11.7 Å². The zero-order chi connectivity index (χ0) is 13.8. The summed E-state index contributed by atoms with van der Waals surface area (Å²) >= 11 is 0. The molecule has 0 aromatic carbocycles. The topological polar surface area (TPSA) is 32.5 Å². The van der Waals surface area contributed by atoms with Crippen molar-refractivity contribution in [3.05, 3.63) is 0 Å². The Labute approximate surface area is 115 Å². The fourth-order valence-corrected chi connectivity index (χ4v) is 2.16. The lowest BCUT2D eigenvalue weighted by Gasteiger charge is -2.25. The Kier molecular flexibility index (Phi) is 11.9. The Morgan fingerprint density at radius 1 is 0.833 bits per heavy atom. The lowest BCUT2D eigenvalue weighted by Crippen LogP contribution is -2.35. The van der Waals surface area contributed by atoms with Crippen LogP contribution in [0.15, 0.2) is 0 Å². The number of hydrogen-bond donors (Lipinski definition) is 1. The quantitative estimate of drug-likeness (QED) is 0.545. The minimum atomic E-state index is 0.768. The lowest BCUT2D eigenvalue weighted by molar-refractivity contribution is 0.215. The summed E-state index contributed by atoms with van der Waals surface area (Å²) in [4.78, 5) is 4.89. The molecule has 18 heavy (non-hydrogen) atoms. The van der Waals surface area contributed by atoms with E-state index in [2.05, 4.69) is 37.7 Å². The average molecular weight is 257 g/mol. The van der Waals surface area contributed by atoms with E-state index in [-0.39, 0.29) is 0 Å². The predicted octanol–water partition coefficient (Wildman–Crippen LogP) is 2.42. The van der Waals surface area contributed by atoms with Crippen molar-refractivity contribution in [3.8, 4) is 0 Å². The van der Waals surface area contributed by atoms with Crippen LogP contribution >= 0.6 is 0 Å². The first-order valence-electron chi connectivity index (χ1n) is 7.63. The molecule has 0 aliphatic rings. The van der Waals surface area contributed by atoms with Crippen LogP contribution < -0.4 is 5.73 Å². The molecule has 0 amide bonds. The first-order chi connectivity index (χ1) is 8.56. The number of hydrogen-bond acceptors (Lipinski definition) is 3. The van der Waals surface area contributed by atoms with Gasteiger partial charge in [-0.1, -0.05) is 33.1 Å². The van der Waals surface area contributed by atoms with Gasteiger partial charge in [0.2, 0.25) is 0 Å². The second-order valence-electron chi connectivity index (χ2n) is 6.05. The van der Waals surface area contributed by atoms with Gasteiger partial charge >= 0.3 is 0 Å². The van der Waals surface area contributed by atoms with Crippen LogP contribution in [0.4, 0.5) is 0 Å². The van der Waals surface area contributed by atoms with Crippen molar-refractivity contribution in [2.75, 3.05) is 46.8 Å². The maximum Gasteiger partial charge on any atom is 0.0109 e. The molecule has 2 N–H and O–H groups in total. The third-order valence-corrected chi connectivity index (χ3v) is 3.17. The van der Waals surface area contributed by atoms with E-state index in [4.69, 9.17) is 5.73 Å². The van der Waals surface area contributed by atoms with E-state index in [1.807, 2.05) is 0 Å².